The average molecular weight is 391 g/mol. The molecule has 1 amide bonds. The lowest BCUT2D eigenvalue weighted by Gasteiger charge is -2.04. The highest BCUT2D eigenvalue weighted by molar-refractivity contribution is 7.20. The van der Waals surface area contributed by atoms with E-state index in [1.165, 1.54) is 11.3 Å². The number of carbonyl (C=O) groups is 2. The molecule has 0 atom stereocenters. The van der Waals surface area contributed by atoms with Gasteiger partial charge in [-0.25, -0.2) is 9.48 Å². The Hall–Kier alpha value is -3.45. The maximum absolute atomic E-state index is 12.5. The summed E-state index contributed by atoms with van der Waals surface area (Å²) < 4.78 is 7.27. The van der Waals surface area contributed by atoms with Gasteiger partial charge in [0.15, 0.2) is 0 Å². The summed E-state index contributed by atoms with van der Waals surface area (Å²) in [5.74, 6) is -0.879. The van der Waals surface area contributed by atoms with Gasteiger partial charge in [0.25, 0.3) is 0 Å². The van der Waals surface area contributed by atoms with E-state index in [0.29, 0.717) is 10.4 Å². The molecule has 0 radical (unpaired) electrons. The van der Waals surface area contributed by atoms with Crippen molar-refractivity contribution in [2.24, 2.45) is 5.73 Å². The average Bonchev–Trinajstić information content (AvgIpc) is 3.28. The summed E-state index contributed by atoms with van der Waals surface area (Å²) in [7, 11) is 0. The maximum Gasteiger partial charge on any atom is 0.348 e. The van der Waals surface area contributed by atoms with Crippen molar-refractivity contribution >= 4 is 33.4 Å². The second-order valence-electron chi connectivity index (χ2n) is 6.30. The minimum Gasteiger partial charge on any atom is -0.457 e. The standard InChI is InChI=1S/C21H17N3O3S/c1-13-17-11-18(28-20(17)24(23-13)16-5-3-2-4-6-16)21(26)27-12-14-7-9-15(10-8-14)19(22)25/h2-11H,12H2,1H3,(H2,22,25). The first-order chi connectivity index (χ1) is 13.5. The predicted octanol–water partition coefficient (Wildman–Crippen LogP) is 3.85. The third-order valence-corrected chi connectivity index (χ3v) is 5.45. The van der Waals surface area contributed by atoms with E-state index in [1.807, 2.05) is 48.0 Å². The Balaban J connectivity index is 1.54. The number of ether oxygens (including phenoxy) is 1. The van der Waals surface area contributed by atoms with Crippen molar-refractivity contribution in [2.75, 3.05) is 0 Å². The van der Waals surface area contributed by atoms with Gasteiger partial charge < -0.3 is 10.5 Å². The van der Waals surface area contributed by atoms with Crippen LogP contribution in [0.4, 0.5) is 0 Å². The van der Waals surface area contributed by atoms with Crippen LogP contribution in [0.3, 0.4) is 0 Å². The van der Waals surface area contributed by atoms with Crippen molar-refractivity contribution in [1.82, 2.24) is 9.78 Å². The molecule has 0 saturated heterocycles. The monoisotopic (exact) mass is 391 g/mol. The van der Waals surface area contributed by atoms with Gasteiger partial charge in [-0.2, -0.15) is 5.10 Å². The van der Waals surface area contributed by atoms with E-state index in [-0.39, 0.29) is 12.6 Å². The molecule has 0 fully saturated rings. The third kappa shape index (κ3) is 3.39. The second-order valence-corrected chi connectivity index (χ2v) is 7.33. The van der Waals surface area contributed by atoms with Crippen LogP contribution in [0.1, 0.15) is 31.3 Å². The zero-order valence-electron chi connectivity index (χ0n) is 15.1. The van der Waals surface area contributed by atoms with Crippen LogP contribution < -0.4 is 5.73 Å². The molecule has 0 unspecified atom stereocenters. The van der Waals surface area contributed by atoms with Gasteiger partial charge in [0, 0.05) is 10.9 Å². The third-order valence-electron chi connectivity index (χ3n) is 4.35. The molecule has 0 aliphatic rings. The van der Waals surface area contributed by atoms with E-state index in [9.17, 15) is 9.59 Å². The predicted molar refractivity (Wildman–Crippen MR) is 108 cm³/mol. The minimum atomic E-state index is -0.489. The summed E-state index contributed by atoms with van der Waals surface area (Å²) in [6.45, 7) is 2.04. The molecule has 2 N–H and O–H groups in total. The molecular formula is C21H17N3O3S. The number of thiophene rings is 1. The lowest BCUT2D eigenvalue weighted by atomic mass is 10.1. The molecule has 28 heavy (non-hydrogen) atoms. The molecular weight excluding hydrogens is 374 g/mol. The number of nitrogens with two attached hydrogens (primary N) is 1. The van der Waals surface area contributed by atoms with E-state index in [1.54, 1.807) is 24.3 Å². The summed E-state index contributed by atoms with van der Waals surface area (Å²) in [5.41, 5.74) is 8.22. The smallest absolute Gasteiger partial charge is 0.348 e. The van der Waals surface area contributed by atoms with Gasteiger partial charge in [-0.05, 0) is 42.8 Å². The molecule has 0 bridgehead atoms. The minimum absolute atomic E-state index is 0.121. The summed E-state index contributed by atoms with van der Waals surface area (Å²) in [5, 5.41) is 5.51. The number of benzene rings is 2. The number of fused-ring (bicyclic) bond motifs is 1. The topological polar surface area (TPSA) is 87.2 Å². The lowest BCUT2D eigenvalue weighted by molar-refractivity contribution is 0.0478. The molecule has 0 aliphatic heterocycles. The molecule has 6 nitrogen and oxygen atoms in total. The van der Waals surface area contributed by atoms with Gasteiger partial charge >= 0.3 is 5.97 Å². The van der Waals surface area contributed by atoms with Crippen LogP contribution in [0.5, 0.6) is 0 Å². The van der Waals surface area contributed by atoms with Crippen LogP contribution in [-0.4, -0.2) is 21.7 Å². The van der Waals surface area contributed by atoms with Crippen LogP contribution in [-0.2, 0) is 11.3 Å². The zero-order valence-corrected chi connectivity index (χ0v) is 15.9. The summed E-state index contributed by atoms with van der Waals surface area (Å²) in [6.07, 6.45) is 0. The fourth-order valence-electron chi connectivity index (χ4n) is 2.88. The Labute approximate surface area is 165 Å². The molecule has 140 valence electrons. The van der Waals surface area contributed by atoms with Crippen molar-refractivity contribution in [1.29, 1.82) is 0 Å². The first kappa shape index (κ1) is 17.9. The van der Waals surface area contributed by atoms with Crippen LogP contribution in [0.2, 0.25) is 0 Å². The molecule has 4 rings (SSSR count). The van der Waals surface area contributed by atoms with Crippen molar-refractivity contribution in [3.05, 3.63) is 82.4 Å². The number of esters is 1. The quantitative estimate of drug-likeness (QED) is 0.524. The highest BCUT2D eigenvalue weighted by atomic mass is 32.1. The van der Waals surface area contributed by atoms with Gasteiger partial charge in [-0.1, -0.05) is 30.3 Å². The Bertz CT molecular complexity index is 1160. The highest BCUT2D eigenvalue weighted by Gasteiger charge is 2.18. The zero-order chi connectivity index (χ0) is 19.7. The highest BCUT2D eigenvalue weighted by Crippen LogP contribution is 2.30. The largest absolute Gasteiger partial charge is 0.457 e. The normalized spacial score (nSPS) is 10.9. The number of rotatable bonds is 5. The Kier molecular flexibility index (Phi) is 4.67. The maximum atomic E-state index is 12.5. The molecule has 4 aromatic rings. The van der Waals surface area contributed by atoms with Gasteiger partial charge in [0.05, 0.1) is 11.4 Å². The molecule has 0 spiro atoms. The number of hydrogen-bond donors (Lipinski definition) is 1. The van der Waals surface area contributed by atoms with Crippen LogP contribution in [0.15, 0.2) is 60.7 Å². The van der Waals surface area contributed by atoms with Crippen LogP contribution >= 0.6 is 11.3 Å². The lowest BCUT2D eigenvalue weighted by Crippen LogP contribution is -2.10. The van der Waals surface area contributed by atoms with E-state index < -0.39 is 5.91 Å². The fourth-order valence-corrected chi connectivity index (χ4v) is 3.95. The second kappa shape index (κ2) is 7.28. The number of para-hydroxylation sites is 1. The molecule has 2 heterocycles. The van der Waals surface area contributed by atoms with Gasteiger partial charge in [0.1, 0.15) is 16.3 Å². The van der Waals surface area contributed by atoms with Crippen molar-refractivity contribution in [3.63, 3.8) is 0 Å². The van der Waals surface area contributed by atoms with Crippen LogP contribution in [0.25, 0.3) is 15.9 Å². The van der Waals surface area contributed by atoms with E-state index in [2.05, 4.69) is 5.10 Å². The first-order valence-electron chi connectivity index (χ1n) is 8.63. The summed E-state index contributed by atoms with van der Waals surface area (Å²) in [6, 6.07) is 18.3. The molecule has 0 aliphatic carbocycles. The molecule has 2 aromatic carbocycles. The number of aryl methyl sites for hydroxylation is 1. The fraction of sp³-hybridized carbons (Fsp3) is 0.0952. The van der Waals surface area contributed by atoms with Gasteiger partial charge in [-0.15, -0.1) is 11.3 Å². The number of hydrogen-bond acceptors (Lipinski definition) is 5. The number of carbonyl (C=O) groups excluding carboxylic acids is 2. The van der Waals surface area contributed by atoms with E-state index in [4.69, 9.17) is 10.5 Å². The van der Waals surface area contributed by atoms with E-state index >= 15 is 0 Å². The number of amides is 1. The van der Waals surface area contributed by atoms with Crippen LogP contribution in [0, 0.1) is 6.92 Å². The van der Waals surface area contributed by atoms with Gasteiger partial charge in [-0.3, -0.25) is 4.79 Å². The SMILES string of the molecule is Cc1nn(-c2ccccc2)c2sc(C(=O)OCc3ccc(C(N)=O)cc3)cc12. The van der Waals surface area contributed by atoms with Crippen molar-refractivity contribution in [2.45, 2.75) is 13.5 Å². The number of primary amides is 1. The Morgan fingerprint density at radius 3 is 2.50 bits per heavy atom. The Morgan fingerprint density at radius 1 is 1.11 bits per heavy atom. The number of nitrogens with zero attached hydrogens (tertiary/aromatic N) is 2. The van der Waals surface area contributed by atoms with Crippen molar-refractivity contribution in [3.8, 4) is 5.69 Å². The number of aromatic nitrogens is 2. The molecule has 0 saturated carbocycles. The van der Waals surface area contributed by atoms with E-state index in [0.717, 1.165) is 27.2 Å². The van der Waals surface area contributed by atoms with Crippen molar-refractivity contribution < 1.29 is 14.3 Å². The Morgan fingerprint density at radius 2 is 1.82 bits per heavy atom. The summed E-state index contributed by atoms with van der Waals surface area (Å²) >= 11 is 1.35. The van der Waals surface area contributed by atoms with Gasteiger partial charge in [0.2, 0.25) is 5.91 Å². The first-order valence-corrected chi connectivity index (χ1v) is 9.45. The summed E-state index contributed by atoms with van der Waals surface area (Å²) in [4.78, 5) is 25.0. The molecule has 2 aromatic heterocycles. The molecule has 7 heteroatoms.